The second-order valence-electron chi connectivity index (χ2n) is 6.72. The van der Waals surface area contributed by atoms with Crippen molar-refractivity contribution in [2.24, 2.45) is 0 Å². The summed E-state index contributed by atoms with van der Waals surface area (Å²) in [6.07, 6.45) is 0. The molecule has 0 unspecified atom stereocenters. The monoisotopic (exact) mass is 379 g/mol. The van der Waals surface area contributed by atoms with Crippen molar-refractivity contribution in [3.63, 3.8) is 0 Å². The van der Waals surface area contributed by atoms with E-state index in [1.165, 1.54) is 10.2 Å². The Bertz CT molecular complexity index is 1100. The fourth-order valence-corrected chi connectivity index (χ4v) is 3.84. The molecule has 8 heteroatoms. The van der Waals surface area contributed by atoms with Crippen LogP contribution in [-0.4, -0.2) is 56.3 Å². The van der Waals surface area contributed by atoms with Crippen LogP contribution in [0.15, 0.2) is 48.5 Å². The fourth-order valence-electron chi connectivity index (χ4n) is 3.65. The van der Waals surface area contributed by atoms with Crippen molar-refractivity contribution in [1.29, 1.82) is 0 Å². The number of hydrogen-bond acceptors (Lipinski definition) is 6. The van der Waals surface area contributed by atoms with Gasteiger partial charge in [-0.1, -0.05) is 54.1 Å². The van der Waals surface area contributed by atoms with Gasteiger partial charge in [-0.05, 0) is 22.1 Å². The lowest BCUT2D eigenvalue weighted by Gasteiger charge is -2.35. The molecule has 2 aromatic heterocycles. The maximum Gasteiger partial charge on any atom is 0.207 e. The van der Waals surface area contributed by atoms with Crippen LogP contribution < -0.4 is 4.90 Å². The first-order valence-corrected chi connectivity index (χ1v) is 9.35. The van der Waals surface area contributed by atoms with E-state index in [1.54, 1.807) is 0 Å². The minimum absolute atomic E-state index is 0.687. The second kappa shape index (κ2) is 6.75. The highest BCUT2D eigenvalue weighted by Gasteiger charge is 2.22. The molecule has 0 radical (unpaired) electrons. The third-order valence-corrected chi connectivity index (χ3v) is 5.44. The lowest BCUT2D eigenvalue weighted by Crippen LogP contribution is -2.46. The van der Waals surface area contributed by atoms with Crippen LogP contribution in [0.2, 0.25) is 5.02 Å². The average molecular weight is 380 g/mol. The van der Waals surface area contributed by atoms with Gasteiger partial charge in [0.15, 0.2) is 5.82 Å². The summed E-state index contributed by atoms with van der Waals surface area (Å²) < 4.78 is 1.52. The molecule has 1 fully saturated rings. The van der Waals surface area contributed by atoms with Crippen LogP contribution in [0.5, 0.6) is 0 Å². The maximum atomic E-state index is 6.31. The van der Waals surface area contributed by atoms with Gasteiger partial charge < -0.3 is 4.90 Å². The number of anilines is 1. The third-order valence-electron chi connectivity index (χ3n) is 5.08. The first kappa shape index (κ1) is 16.4. The number of nitrogens with zero attached hydrogens (tertiary/aromatic N) is 7. The summed E-state index contributed by atoms with van der Waals surface area (Å²) >= 11 is 6.31. The summed E-state index contributed by atoms with van der Waals surface area (Å²) in [7, 11) is 0. The Morgan fingerprint density at radius 1 is 0.889 bits per heavy atom. The normalized spacial score (nSPS) is 15.7. The van der Waals surface area contributed by atoms with E-state index in [0.717, 1.165) is 54.3 Å². The molecule has 4 aromatic rings. The highest BCUT2D eigenvalue weighted by atomic mass is 35.5. The Labute approximate surface area is 161 Å². The molecule has 3 heterocycles. The molecule has 136 valence electrons. The lowest BCUT2D eigenvalue weighted by molar-refractivity contribution is 0.249. The number of fused-ring (bicyclic) bond motifs is 3. The van der Waals surface area contributed by atoms with Gasteiger partial charge in [-0.15, -0.1) is 14.8 Å². The van der Waals surface area contributed by atoms with Crippen LogP contribution in [0.3, 0.4) is 0 Å². The molecule has 5 rings (SSSR count). The van der Waals surface area contributed by atoms with Crippen LogP contribution in [0, 0.1) is 0 Å². The highest BCUT2D eigenvalue weighted by Crippen LogP contribution is 2.27. The van der Waals surface area contributed by atoms with Crippen LogP contribution >= 0.6 is 11.6 Å². The fraction of sp³-hybridized carbons (Fsp3) is 0.263. The van der Waals surface area contributed by atoms with Gasteiger partial charge in [-0.25, -0.2) is 0 Å². The summed E-state index contributed by atoms with van der Waals surface area (Å²) in [6, 6.07) is 16.2. The molecule has 0 amide bonds. The number of tetrazole rings is 1. The van der Waals surface area contributed by atoms with Crippen LogP contribution in [0.25, 0.3) is 16.4 Å². The van der Waals surface area contributed by atoms with Gasteiger partial charge in [0, 0.05) is 48.5 Å². The number of benzene rings is 2. The van der Waals surface area contributed by atoms with E-state index >= 15 is 0 Å². The van der Waals surface area contributed by atoms with E-state index in [4.69, 9.17) is 11.6 Å². The van der Waals surface area contributed by atoms with Gasteiger partial charge in [0.05, 0.1) is 0 Å². The molecule has 2 aromatic carbocycles. The topological polar surface area (TPSA) is 62.5 Å². The maximum absolute atomic E-state index is 6.31. The summed E-state index contributed by atoms with van der Waals surface area (Å²) in [5, 5.41) is 19.5. The van der Waals surface area contributed by atoms with E-state index in [-0.39, 0.29) is 0 Å². The Balaban J connectivity index is 1.40. The summed E-state index contributed by atoms with van der Waals surface area (Å²) in [6.45, 7) is 4.57. The van der Waals surface area contributed by atoms with E-state index in [9.17, 15) is 0 Å². The predicted octanol–water partition coefficient (Wildman–Crippen LogP) is 2.65. The predicted molar refractivity (Wildman–Crippen MR) is 105 cm³/mol. The zero-order valence-corrected chi connectivity index (χ0v) is 15.4. The Morgan fingerprint density at radius 2 is 1.63 bits per heavy atom. The van der Waals surface area contributed by atoms with E-state index in [0.29, 0.717) is 5.65 Å². The van der Waals surface area contributed by atoms with Gasteiger partial charge in [0.25, 0.3) is 0 Å². The molecule has 1 aliphatic rings. The molecular weight excluding hydrogens is 362 g/mol. The first-order chi connectivity index (χ1) is 13.3. The van der Waals surface area contributed by atoms with E-state index in [2.05, 4.69) is 42.6 Å². The molecule has 7 nitrogen and oxygen atoms in total. The number of rotatable bonds is 3. The number of piperazine rings is 1. The van der Waals surface area contributed by atoms with Gasteiger partial charge in [-0.2, -0.15) is 0 Å². The van der Waals surface area contributed by atoms with Gasteiger partial charge in [0.1, 0.15) is 0 Å². The quantitative estimate of drug-likeness (QED) is 0.545. The highest BCUT2D eigenvalue weighted by molar-refractivity contribution is 6.31. The average Bonchev–Trinajstić information content (AvgIpc) is 3.19. The third kappa shape index (κ3) is 2.98. The zero-order valence-electron chi connectivity index (χ0n) is 14.7. The summed E-state index contributed by atoms with van der Waals surface area (Å²) in [5.74, 6) is 0.933. The van der Waals surface area contributed by atoms with Crippen LogP contribution in [-0.2, 0) is 6.54 Å². The number of aromatic nitrogens is 5. The minimum atomic E-state index is 0.687. The standard InChI is InChI=1S/C19H18ClN7/c20-17-8-4-1-5-14(17)13-25-9-11-26(12-10-25)19-16-7-3-2-6-15(16)18-21-23-24-27(18)22-19/h1-8H,9-13H2. The van der Waals surface area contributed by atoms with Gasteiger partial charge in [-0.3, -0.25) is 4.90 Å². The smallest absolute Gasteiger partial charge is 0.207 e. The Kier molecular flexibility index (Phi) is 4.10. The van der Waals surface area contributed by atoms with Crippen molar-refractivity contribution < 1.29 is 0 Å². The summed E-state index contributed by atoms with van der Waals surface area (Å²) in [5.41, 5.74) is 1.86. The van der Waals surface area contributed by atoms with Gasteiger partial charge >= 0.3 is 0 Å². The van der Waals surface area contributed by atoms with Crippen molar-refractivity contribution >= 4 is 33.8 Å². The van der Waals surface area contributed by atoms with Crippen LogP contribution in [0.4, 0.5) is 5.82 Å². The largest absolute Gasteiger partial charge is 0.352 e. The second-order valence-corrected chi connectivity index (χ2v) is 7.12. The molecule has 27 heavy (non-hydrogen) atoms. The van der Waals surface area contributed by atoms with Crippen molar-refractivity contribution in [3.05, 3.63) is 59.1 Å². The van der Waals surface area contributed by atoms with Gasteiger partial charge in [0.2, 0.25) is 5.65 Å². The molecule has 0 aliphatic carbocycles. The molecule has 1 aliphatic heterocycles. The van der Waals surface area contributed by atoms with Crippen LogP contribution in [0.1, 0.15) is 5.56 Å². The SMILES string of the molecule is Clc1ccccc1CN1CCN(c2nn3nnnc3c3ccccc23)CC1. The van der Waals surface area contributed by atoms with Crippen molar-refractivity contribution in [2.75, 3.05) is 31.1 Å². The Hall–Kier alpha value is -2.77. The molecule has 0 saturated carbocycles. The zero-order chi connectivity index (χ0) is 18.2. The van der Waals surface area contributed by atoms with Crippen molar-refractivity contribution in [1.82, 2.24) is 30.2 Å². The summed E-state index contributed by atoms with van der Waals surface area (Å²) in [4.78, 5) is 4.74. The van der Waals surface area contributed by atoms with E-state index < -0.39 is 0 Å². The number of halogens is 1. The first-order valence-electron chi connectivity index (χ1n) is 8.97. The van der Waals surface area contributed by atoms with Crippen molar-refractivity contribution in [3.8, 4) is 0 Å². The molecule has 0 N–H and O–H groups in total. The number of hydrogen-bond donors (Lipinski definition) is 0. The molecule has 1 saturated heterocycles. The molecule has 0 bridgehead atoms. The lowest BCUT2D eigenvalue weighted by atomic mass is 10.1. The minimum Gasteiger partial charge on any atom is -0.352 e. The molecule has 0 spiro atoms. The molecular formula is C19H18ClN7. The molecule has 0 atom stereocenters. The van der Waals surface area contributed by atoms with Crippen molar-refractivity contribution in [2.45, 2.75) is 6.54 Å². The van der Waals surface area contributed by atoms with E-state index in [1.807, 2.05) is 36.4 Å². The Morgan fingerprint density at radius 3 is 2.44 bits per heavy atom.